The number of Topliss-reactive ketones (excluding diaryl/α,β-unsaturated/α-hetero) is 1. The average molecular weight is 381 g/mol. The fourth-order valence-electron chi connectivity index (χ4n) is 2.35. The highest BCUT2D eigenvalue weighted by molar-refractivity contribution is 6.23. The third-order valence-corrected chi connectivity index (χ3v) is 3.81. The zero-order valence-corrected chi connectivity index (χ0v) is 15.9. The fourth-order valence-corrected chi connectivity index (χ4v) is 2.35. The van der Waals surface area contributed by atoms with E-state index in [1.165, 1.54) is 24.9 Å². The number of aromatic nitrogens is 1. The first-order valence-electron chi connectivity index (χ1n) is 8.47. The summed E-state index contributed by atoms with van der Waals surface area (Å²) in [6.07, 6.45) is 4.53. The molecule has 0 amide bonds. The number of allylic oxidation sites excluding steroid dienone is 1. The van der Waals surface area contributed by atoms with Gasteiger partial charge in [-0.05, 0) is 37.1 Å². The Morgan fingerprint density at radius 2 is 1.61 bits per heavy atom. The van der Waals surface area contributed by atoms with Gasteiger partial charge < -0.3 is 14.2 Å². The van der Waals surface area contributed by atoms with Crippen molar-refractivity contribution < 1.29 is 28.4 Å². The maximum atomic E-state index is 13.1. The number of ether oxygens (including phenoxy) is 3. The number of nitrogens with one attached hydrogen (secondary N) is 1. The molecule has 0 spiro atoms. The van der Waals surface area contributed by atoms with Crippen LogP contribution in [0.1, 0.15) is 17.3 Å². The van der Waals surface area contributed by atoms with E-state index < -0.39 is 5.97 Å². The van der Waals surface area contributed by atoms with Crippen molar-refractivity contribution in [3.63, 3.8) is 0 Å². The Kier molecular flexibility index (Phi) is 7.25. The molecule has 0 bridgehead atoms. The molecule has 1 N–H and O–H groups in total. The molecule has 2 aromatic rings. The number of nitrogens with zero attached hydrogens (tertiary/aromatic N) is 1. The number of ketones is 1. The van der Waals surface area contributed by atoms with Gasteiger partial charge in [-0.15, -0.1) is 0 Å². The molecule has 7 nitrogen and oxygen atoms in total. The molecular formula is C21H21N2O5+. The highest BCUT2D eigenvalue weighted by Crippen LogP contribution is 2.16. The van der Waals surface area contributed by atoms with Gasteiger partial charge in [0, 0.05) is 23.8 Å². The van der Waals surface area contributed by atoms with Gasteiger partial charge in [-0.2, -0.15) is 4.57 Å². The van der Waals surface area contributed by atoms with E-state index in [0.717, 1.165) is 0 Å². The van der Waals surface area contributed by atoms with E-state index in [4.69, 9.17) is 19.6 Å². The SMILES string of the molecule is CCOC(=O)C(=C=N)/C=C(/C(=O)c1ccc(OC)cc1)[n+]1ccc(OC)cc1. The van der Waals surface area contributed by atoms with Gasteiger partial charge in [0.25, 0.3) is 11.5 Å². The topological polar surface area (TPSA) is 89.6 Å². The lowest BCUT2D eigenvalue weighted by Crippen LogP contribution is -2.36. The molecule has 1 heterocycles. The molecule has 0 atom stereocenters. The van der Waals surface area contributed by atoms with Gasteiger partial charge in [0.05, 0.1) is 20.8 Å². The van der Waals surface area contributed by atoms with E-state index in [2.05, 4.69) is 0 Å². The van der Waals surface area contributed by atoms with Crippen LogP contribution in [0.3, 0.4) is 0 Å². The Morgan fingerprint density at radius 1 is 1.04 bits per heavy atom. The van der Waals surface area contributed by atoms with Gasteiger partial charge in [-0.25, -0.2) is 4.79 Å². The minimum atomic E-state index is -0.730. The first kappa shape index (κ1) is 20.6. The summed E-state index contributed by atoms with van der Waals surface area (Å²) in [6.45, 7) is 1.81. The van der Waals surface area contributed by atoms with Crippen LogP contribution in [0.4, 0.5) is 0 Å². The third-order valence-electron chi connectivity index (χ3n) is 3.81. The molecule has 7 heteroatoms. The van der Waals surface area contributed by atoms with Crippen LogP contribution in [0.2, 0.25) is 0 Å². The van der Waals surface area contributed by atoms with E-state index in [-0.39, 0.29) is 23.7 Å². The monoisotopic (exact) mass is 381 g/mol. The Hall–Kier alpha value is -3.70. The van der Waals surface area contributed by atoms with Crippen LogP contribution >= 0.6 is 0 Å². The van der Waals surface area contributed by atoms with Crippen molar-refractivity contribution >= 4 is 23.3 Å². The van der Waals surface area contributed by atoms with Gasteiger partial charge in [-0.1, -0.05) is 0 Å². The maximum absolute atomic E-state index is 13.1. The molecular weight excluding hydrogens is 360 g/mol. The summed E-state index contributed by atoms with van der Waals surface area (Å²) in [5.74, 6) is 2.19. The highest BCUT2D eigenvalue weighted by atomic mass is 16.5. The Morgan fingerprint density at radius 3 is 2.11 bits per heavy atom. The van der Waals surface area contributed by atoms with Gasteiger partial charge in [0.1, 0.15) is 17.1 Å². The predicted molar refractivity (Wildman–Crippen MR) is 103 cm³/mol. The van der Waals surface area contributed by atoms with Gasteiger partial charge in [0.2, 0.25) is 0 Å². The van der Waals surface area contributed by atoms with Crippen molar-refractivity contribution in [1.29, 1.82) is 5.41 Å². The van der Waals surface area contributed by atoms with Crippen LogP contribution in [-0.4, -0.2) is 38.4 Å². The lowest BCUT2D eigenvalue weighted by atomic mass is 10.1. The molecule has 0 saturated carbocycles. The van der Waals surface area contributed by atoms with Gasteiger partial charge in [-0.3, -0.25) is 10.2 Å². The largest absolute Gasteiger partial charge is 0.497 e. The van der Waals surface area contributed by atoms with E-state index in [9.17, 15) is 9.59 Å². The molecule has 1 aromatic heterocycles. The smallest absolute Gasteiger partial charge is 0.347 e. The predicted octanol–water partition coefficient (Wildman–Crippen LogP) is 2.45. The number of rotatable bonds is 8. The van der Waals surface area contributed by atoms with Crippen molar-refractivity contribution in [3.05, 3.63) is 66.0 Å². The third kappa shape index (κ3) is 4.93. The second-order valence-corrected chi connectivity index (χ2v) is 5.49. The van der Waals surface area contributed by atoms with Crippen LogP contribution in [0, 0.1) is 5.41 Å². The van der Waals surface area contributed by atoms with Crippen LogP contribution in [0.15, 0.2) is 60.4 Å². The summed E-state index contributed by atoms with van der Waals surface area (Å²) >= 11 is 0. The maximum Gasteiger partial charge on any atom is 0.347 e. The van der Waals surface area contributed by atoms with Crippen molar-refractivity contribution in [3.8, 4) is 11.5 Å². The van der Waals surface area contributed by atoms with Crippen LogP contribution in [-0.2, 0) is 9.53 Å². The second-order valence-electron chi connectivity index (χ2n) is 5.49. The number of hydrogen-bond donors (Lipinski definition) is 1. The molecule has 0 radical (unpaired) electrons. The zero-order chi connectivity index (χ0) is 20.5. The Bertz CT molecular complexity index is 924. The van der Waals surface area contributed by atoms with E-state index in [0.29, 0.717) is 17.1 Å². The normalized spacial score (nSPS) is 10.6. The van der Waals surface area contributed by atoms with Gasteiger partial charge in [0.15, 0.2) is 12.4 Å². The van der Waals surface area contributed by atoms with E-state index >= 15 is 0 Å². The molecule has 0 aliphatic carbocycles. The standard InChI is InChI=1S/C21H21N2O5/c1-4-28-21(25)16(14-22)13-19(23-11-9-18(27-3)10-12-23)20(24)15-5-7-17(26-2)8-6-15/h5-13,22H,4H2,1-3H3/q+1/b19-13-. The van der Waals surface area contributed by atoms with Gasteiger partial charge >= 0.3 is 5.97 Å². The van der Waals surface area contributed by atoms with Crippen LogP contribution < -0.4 is 14.0 Å². The van der Waals surface area contributed by atoms with Crippen molar-refractivity contribution in [1.82, 2.24) is 0 Å². The molecule has 0 fully saturated rings. The summed E-state index contributed by atoms with van der Waals surface area (Å²) in [7, 11) is 3.07. The number of benzene rings is 1. The van der Waals surface area contributed by atoms with Crippen molar-refractivity contribution in [2.75, 3.05) is 20.8 Å². The molecule has 0 aliphatic rings. The Labute approximate surface area is 163 Å². The number of esters is 1. The lowest BCUT2D eigenvalue weighted by Gasteiger charge is -2.05. The van der Waals surface area contributed by atoms with Crippen molar-refractivity contribution in [2.45, 2.75) is 6.92 Å². The summed E-state index contributed by atoms with van der Waals surface area (Å²) < 4.78 is 16.7. The number of pyridine rings is 1. The number of methoxy groups -OCH3 is 2. The first-order valence-corrected chi connectivity index (χ1v) is 8.47. The molecule has 28 heavy (non-hydrogen) atoms. The second kappa shape index (κ2) is 9.85. The minimum absolute atomic E-state index is 0.148. The molecule has 1 aromatic carbocycles. The summed E-state index contributed by atoms with van der Waals surface area (Å²) in [6, 6.07) is 9.93. The summed E-state index contributed by atoms with van der Waals surface area (Å²) in [5, 5.41) is 7.40. The quantitative estimate of drug-likeness (QED) is 0.189. The first-order chi connectivity index (χ1) is 13.5. The fraction of sp³-hybridized carbons (Fsp3) is 0.190. The van der Waals surface area contributed by atoms with E-state index in [1.54, 1.807) is 55.7 Å². The molecule has 0 unspecified atom stereocenters. The highest BCUT2D eigenvalue weighted by Gasteiger charge is 2.24. The van der Waals surface area contributed by atoms with Crippen LogP contribution in [0.5, 0.6) is 11.5 Å². The molecule has 0 aliphatic heterocycles. The minimum Gasteiger partial charge on any atom is -0.497 e. The zero-order valence-electron chi connectivity index (χ0n) is 15.9. The average Bonchev–Trinajstić information content (AvgIpc) is 2.74. The number of carbonyl (C=O) groups is 2. The molecule has 144 valence electrons. The van der Waals surface area contributed by atoms with E-state index in [1.807, 2.05) is 5.87 Å². The number of hydrogen-bond acceptors (Lipinski definition) is 6. The molecule has 2 rings (SSSR count). The summed E-state index contributed by atoms with van der Waals surface area (Å²) in [5.41, 5.74) is 0.376. The van der Waals surface area contributed by atoms with Crippen LogP contribution in [0.25, 0.3) is 5.70 Å². The summed E-state index contributed by atoms with van der Waals surface area (Å²) in [4.78, 5) is 25.2. The molecule has 0 saturated heterocycles. The van der Waals surface area contributed by atoms with Crippen molar-refractivity contribution in [2.24, 2.45) is 0 Å². The lowest BCUT2D eigenvalue weighted by molar-refractivity contribution is -0.576. The number of carbonyl (C=O) groups excluding carboxylic acids is 2. The Balaban J connectivity index is 2.53.